The lowest BCUT2D eigenvalue weighted by molar-refractivity contribution is -0.142. The summed E-state index contributed by atoms with van der Waals surface area (Å²) in [7, 11) is 0. The van der Waals surface area contributed by atoms with Gasteiger partial charge in [0.05, 0.1) is 18.8 Å². The molecule has 1 aliphatic rings. The fourth-order valence-electron chi connectivity index (χ4n) is 1.42. The van der Waals surface area contributed by atoms with Crippen molar-refractivity contribution < 1.29 is 23.5 Å². The van der Waals surface area contributed by atoms with Crippen LogP contribution in [0.2, 0.25) is 0 Å². The van der Waals surface area contributed by atoms with Crippen LogP contribution in [-0.4, -0.2) is 35.1 Å². The zero-order chi connectivity index (χ0) is 13.7. The molecule has 100 valence electrons. The highest BCUT2D eigenvalue weighted by Crippen LogP contribution is 2.07. The first-order valence-electron chi connectivity index (χ1n) is 5.62. The molecule has 0 spiro atoms. The molecule has 0 N–H and O–H groups in total. The highest BCUT2D eigenvalue weighted by atomic mass is 19.1. The molecule has 0 saturated carbocycles. The second-order valence-electron chi connectivity index (χ2n) is 3.89. The summed E-state index contributed by atoms with van der Waals surface area (Å²) in [6, 6.07) is 0. The Morgan fingerprint density at radius 3 is 2.79 bits per heavy atom. The second kappa shape index (κ2) is 6.03. The number of hydrogen-bond donors (Lipinski definition) is 0. The van der Waals surface area contributed by atoms with Crippen molar-refractivity contribution in [2.45, 2.75) is 12.8 Å². The van der Waals surface area contributed by atoms with Crippen molar-refractivity contribution in [3.05, 3.63) is 35.7 Å². The summed E-state index contributed by atoms with van der Waals surface area (Å²) in [5.41, 5.74) is 0.622. The minimum atomic E-state index is -0.524. The van der Waals surface area contributed by atoms with Crippen LogP contribution in [0.4, 0.5) is 4.39 Å². The Labute approximate surface area is 108 Å². The minimum absolute atomic E-state index is 0.0366. The molecule has 0 radical (unpaired) electrons. The van der Waals surface area contributed by atoms with Gasteiger partial charge < -0.3 is 9.47 Å². The Morgan fingerprint density at radius 2 is 2.16 bits per heavy atom. The number of aromatic nitrogens is 2. The SMILES string of the molecule is O=C1C=C(COC(=O)CCc2ncc(F)cn2)CO1. The van der Waals surface area contributed by atoms with Gasteiger partial charge in [0.25, 0.3) is 0 Å². The molecule has 0 saturated heterocycles. The summed E-state index contributed by atoms with van der Waals surface area (Å²) < 4.78 is 22.2. The van der Waals surface area contributed by atoms with E-state index in [2.05, 4.69) is 14.7 Å². The van der Waals surface area contributed by atoms with Gasteiger partial charge in [0.2, 0.25) is 0 Å². The van der Waals surface area contributed by atoms with Gasteiger partial charge in [-0.25, -0.2) is 19.2 Å². The Balaban J connectivity index is 1.71. The van der Waals surface area contributed by atoms with E-state index in [4.69, 9.17) is 4.74 Å². The molecular weight excluding hydrogens is 255 g/mol. The number of aryl methyl sites for hydroxylation is 1. The molecule has 0 fully saturated rings. The van der Waals surface area contributed by atoms with E-state index in [1.165, 1.54) is 6.08 Å². The predicted molar refractivity (Wildman–Crippen MR) is 60.3 cm³/mol. The maximum Gasteiger partial charge on any atom is 0.331 e. The van der Waals surface area contributed by atoms with Crippen LogP contribution < -0.4 is 0 Å². The fraction of sp³-hybridized carbons (Fsp3) is 0.333. The standard InChI is InChI=1S/C12H11FN2O4/c13-9-4-14-10(15-5-9)1-2-11(16)18-6-8-3-12(17)19-7-8/h3-5H,1-2,6-7H2. The molecule has 1 aliphatic heterocycles. The number of cyclic esters (lactones) is 1. The molecule has 0 amide bonds. The number of ether oxygens (including phenoxy) is 2. The van der Waals surface area contributed by atoms with Crippen LogP contribution in [0.5, 0.6) is 0 Å². The van der Waals surface area contributed by atoms with E-state index in [0.29, 0.717) is 11.4 Å². The van der Waals surface area contributed by atoms with E-state index >= 15 is 0 Å². The van der Waals surface area contributed by atoms with Crippen molar-refractivity contribution in [2.75, 3.05) is 13.2 Å². The first kappa shape index (κ1) is 13.1. The van der Waals surface area contributed by atoms with Gasteiger partial charge in [-0.05, 0) is 0 Å². The molecular formula is C12H11FN2O4. The largest absolute Gasteiger partial charge is 0.461 e. The Bertz CT molecular complexity index is 513. The average Bonchev–Trinajstić information content (AvgIpc) is 2.81. The van der Waals surface area contributed by atoms with Gasteiger partial charge in [0.1, 0.15) is 19.0 Å². The van der Waals surface area contributed by atoms with Crippen molar-refractivity contribution >= 4 is 11.9 Å². The van der Waals surface area contributed by atoms with Gasteiger partial charge in [-0.1, -0.05) is 0 Å². The number of esters is 2. The lowest BCUT2D eigenvalue weighted by Crippen LogP contribution is -2.10. The molecule has 0 unspecified atom stereocenters. The van der Waals surface area contributed by atoms with Gasteiger partial charge in [-0.15, -0.1) is 0 Å². The molecule has 0 bridgehead atoms. The molecule has 19 heavy (non-hydrogen) atoms. The van der Waals surface area contributed by atoms with Crippen LogP contribution in [0.1, 0.15) is 12.2 Å². The Hall–Kier alpha value is -2.31. The van der Waals surface area contributed by atoms with Gasteiger partial charge in [-0.3, -0.25) is 4.79 Å². The summed E-state index contributed by atoms with van der Waals surface area (Å²) in [6.07, 6.45) is 3.75. The quantitative estimate of drug-likeness (QED) is 0.725. The zero-order valence-corrected chi connectivity index (χ0v) is 9.97. The number of carbonyl (C=O) groups is 2. The molecule has 0 aliphatic carbocycles. The second-order valence-corrected chi connectivity index (χ2v) is 3.89. The normalized spacial score (nSPS) is 13.9. The monoisotopic (exact) mass is 266 g/mol. The molecule has 2 heterocycles. The number of hydrogen-bond acceptors (Lipinski definition) is 6. The predicted octanol–water partition coefficient (Wildman–Crippen LogP) is 0.575. The minimum Gasteiger partial charge on any atom is -0.461 e. The van der Waals surface area contributed by atoms with Crippen LogP contribution in [0.3, 0.4) is 0 Å². The van der Waals surface area contributed by atoms with Gasteiger partial charge in [0, 0.05) is 18.1 Å². The lowest BCUT2D eigenvalue weighted by Gasteiger charge is -2.04. The number of rotatable bonds is 5. The topological polar surface area (TPSA) is 78.4 Å². The summed E-state index contributed by atoms with van der Waals surface area (Å²) in [6.45, 7) is 0.196. The first-order valence-corrected chi connectivity index (χ1v) is 5.62. The Morgan fingerprint density at radius 1 is 1.42 bits per heavy atom. The van der Waals surface area contributed by atoms with Crippen LogP contribution in [0.15, 0.2) is 24.0 Å². The third kappa shape index (κ3) is 4.13. The van der Waals surface area contributed by atoms with E-state index in [0.717, 1.165) is 12.4 Å². The average molecular weight is 266 g/mol. The van der Waals surface area contributed by atoms with Crippen molar-refractivity contribution in [3.63, 3.8) is 0 Å². The molecule has 2 rings (SSSR count). The summed E-state index contributed by atoms with van der Waals surface area (Å²) in [4.78, 5) is 29.6. The summed E-state index contributed by atoms with van der Waals surface area (Å²) >= 11 is 0. The molecule has 1 aromatic heterocycles. The van der Waals surface area contributed by atoms with E-state index < -0.39 is 17.8 Å². The van der Waals surface area contributed by atoms with Gasteiger partial charge in [0.15, 0.2) is 5.82 Å². The maximum absolute atomic E-state index is 12.5. The van der Waals surface area contributed by atoms with Gasteiger partial charge >= 0.3 is 11.9 Å². The number of nitrogens with zero attached hydrogens (tertiary/aromatic N) is 2. The lowest BCUT2D eigenvalue weighted by atomic mass is 10.3. The highest BCUT2D eigenvalue weighted by molar-refractivity contribution is 5.85. The highest BCUT2D eigenvalue weighted by Gasteiger charge is 2.14. The smallest absolute Gasteiger partial charge is 0.331 e. The fourth-order valence-corrected chi connectivity index (χ4v) is 1.42. The number of halogens is 1. The van der Waals surface area contributed by atoms with E-state index in [1.54, 1.807) is 0 Å². The van der Waals surface area contributed by atoms with E-state index in [9.17, 15) is 14.0 Å². The number of carbonyl (C=O) groups excluding carboxylic acids is 2. The molecule has 1 aromatic rings. The van der Waals surface area contributed by atoms with Crippen molar-refractivity contribution in [2.24, 2.45) is 0 Å². The molecule has 7 heteroatoms. The summed E-state index contributed by atoms with van der Waals surface area (Å²) in [5, 5.41) is 0. The van der Waals surface area contributed by atoms with Crippen LogP contribution in [0.25, 0.3) is 0 Å². The first-order chi connectivity index (χ1) is 9.13. The molecule has 0 aromatic carbocycles. The van der Waals surface area contributed by atoms with Crippen molar-refractivity contribution in [1.29, 1.82) is 0 Å². The van der Waals surface area contributed by atoms with E-state index in [-0.39, 0.29) is 26.1 Å². The molecule has 6 nitrogen and oxygen atoms in total. The van der Waals surface area contributed by atoms with Crippen LogP contribution >= 0.6 is 0 Å². The van der Waals surface area contributed by atoms with Crippen molar-refractivity contribution in [1.82, 2.24) is 9.97 Å². The third-order valence-corrected chi connectivity index (χ3v) is 2.37. The summed E-state index contributed by atoms with van der Waals surface area (Å²) in [5.74, 6) is -1.01. The van der Waals surface area contributed by atoms with Gasteiger partial charge in [-0.2, -0.15) is 0 Å². The maximum atomic E-state index is 12.5. The van der Waals surface area contributed by atoms with E-state index in [1.807, 2.05) is 0 Å². The Kier molecular flexibility index (Phi) is 4.17. The third-order valence-electron chi connectivity index (χ3n) is 2.37. The van der Waals surface area contributed by atoms with Crippen LogP contribution in [-0.2, 0) is 25.5 Å². The molecule has 0 atom stereocenters. The van der Waals surface area contributed by atoms with Crippen molar-refractivity contribution in [3.8, 4) is 0 Å². The van der Waals surface area contributed by atoms with Crippen LogP contribution in [0, 0.1) is 5.82 Å². The zero-order valence-electron chi connectivity index (χ0n) is 9.97.